The fraction of sp³-hybridized carbons (Fsp3) is 0.833. The lowest BCUT2D eigenvalue weighted by Crippen LogP contribution is -2.45. The van der Waals surface area contributed by atoms with Crippen molar-refractivity contribution < 1.29 is 19.1 Å². The highest BCUT2D eigenvalue weighted by Gasteiger charge is 2.37. The molecule has 0 N–H and O–H groups in total. The van der Waals surface area contributed by atoms with Gasteiger partial charge in [0.25, 0.3) is 0 Å². The molecule has 0 bridgehead atoms. The third-order valence-electron chi connectivity index (χ3n) is 2.75. The first-order valence-electron chi connectivity index (χ1n) is 5.76. The van der Waals surface area contributed by atoms with Crippen molar-refractivity contribution in [2.75, 3.05) is 20.3 Å². The number of hydrogen-bond donors (Lipinski definition) is 0. The molecule has 1 heterocycles. The molecule has 0 saturated carbocycles. The number of rotatable bonds is 2. The van der Waals surface area contributed by atoms with Crippen LogP contribution in [0.1, 0.15) is 27.7 Å². The third kappa shape index (κ3) is 3.70. The van der Waals surface area contributed by atoms with E-state index in [0.29, 0.717) is 13.2 Å². The van der Waals surface area contributed by atoms with Crippen LogP contribution in [0.3, 0.4) is 0 Å². The summed E-state index contributed by atoms with van der Waals surface area (Å²) in [6.07, 6.45) is -0.417. The average Bonchev–Trinajstić information content (AvgIpc) is 2.61. The van der Waals surface area contributed by atoms with E-state index in [9.17, 15) is 9.59 Å². The first kappa shape index (κ1) is 14.0. The second-order valence-corrected chi connectivity index (χ2v) is 5.41. The summed E-state index contributed by atoms with van der Waals surface area (Å²) < 4.78 is 10.5. The number of ketones is 1. The van der Waals surface area contributed by atoms with E-state index in [0.717, 1.165) is 0 Å². The Morgan fingerprint density at radius 2 is 1.88 bits per heavy atom. The molecule has 0 aromatic carbocycles. The van der Waals surface area contributed by atoms with Gasteiger partial charge in [0.2, 0.25) is 0 Å². The fourth-order valence-corrected chi connectivity index (χ4v) is 1.78. The van der Waals surface area contributed by atoms with Gasteiger partial charge in [-0.3, -0.25) is 4.79 Å². The molecule has 5 heteroatoms. The van der Waals surface area contributed by atoms with E-state index in [4.69, 9.17) is 9.47 Å². The van der Waals surface area contributed by atoms with Crippen LogP contribution >= 0.6 is 0 Å². The molecular formula is C12H21NO4. The molecule has 0 aliphatic carbocycles. The Bertz CT molecular complexity index is 308. The Kier molecular flexibility index (Phi) is 4.14. The van der Waals surface area contributed by atoms with Gasteiger partial charge in [-0.15, -0.1) is 0 Å². The molecule has 0 spiro atoms. The maximum atomic E-state index is 11.9. The van der Waals surface area contributed by atoms with Crippen LogP contribution in [-0.2, 0) is 14.3 Å². The van der Waals surface area contributed by atoms with Crippen LogP contribution in [0.5, 0.6) is 0 Å². The van der Waals surface area contributed by atoms with Crippen LogP contribution in [0.25, 0.3) is 0 Å². The first-order chi connectivity index (χ1) is 7.72. The van der Waals surface area contributed by atoms with Gasteiger partial charge in [0.15, 0.2) is 0 Å². The zero-order valence-corrected chi connectivity index (χ0v) is 11.1. The van der Waals surface area contributed by atoms with Gasteiger partial charge < -0.3 is 14.4 Å². The highest BCUT2D eigenvalue weighted by molar-refractivity contribution is 5.80. The Hall–Kier alpha value is -1.10. The van der Waals surface area contributed by atoms with Gasteiger partial charge in [-0.25, -0.2) is 4.79 Å². The minimum absolute atomic E-state index is 0.0444. The van der Waals surface area contributed by atoms with Gasteiger partial charge in [0, 0.05) is 7.05 Å². The highest BCUT2D eigenvalue weighted by atomic mass is 16.6. The van der Waals surface area contributed by atoms with Gasteiger partial charge in [-0.1, -0.05) is 0 Å². The number of ether oxygens (including phenoxy) is 2. The summed E-state index contributed by atoms with van der Waals surface area (Å²) in [6, 6.07) is -0.220. The van der Waals surface area contributed by atoms with Crippen molar-refractivity contribution in [3.63, 3.8) is 0 Å². The van der Waals surface area contributed by atoms with E-state index in [1.165, 1.54) is 11.8 Å². The van der Waals surface area contributed by atoms with Crippen molar-refractivity contribution in [2.45, 2.75) is 39.3 Å². The molecule has 2 atom stereocenters. The number of amides is 1. The van der Waals surface area contributed by atoms with Crippen molar-refractivity contribution in [2.24, 2.45) is 5.92 Å². The topological polar surface area (TPSA) is 55.8 Å². The van der Waals surface area contributed by atoms with Crippen LogP contribution in [0.2, 0.25) is 0 Å². The lowest BCUT2D eigenvalue weighted by Gasteiger charge is -2.29. The molecule has 0 radical (unpaired) electrons. The average molecular weight is 243 g/mol. The minimum Gasteiger partial charge on any atom is -0.444 e. The van der Waals surface area contributed by atoms with E-state index in [1.807, 2.05) is 20.8 Å². The largest absolute Gasteiger partial charge is 0.444 e. The fourth-order valence-electron chi connectivity index (χ4n) is 1.78. The zero-order valence-electron chi connectivity index (χ0n) is 11.1. The number of hydrogen-bond acceptors (Lipinski definition) is 4. The van der Waals surface area contributed by atoms with Crippen molar-refractivity contribution in [1.29, 1.82) is 0 Å². The molecule has 0 aromatic rings. The molecule has 1 aliphatic rings. The van der Waals surface area contributed by atoms with Gasteiger partial charge >= 0.3 is 6.09 Å². The van der Waals surface area contributed by atoms with Crippen LogP contribution < -0.4 is 0 Å². The summed E-state index contributed by atoms with van der Waals surface area (Å²) in [6.45, 7) is 7.73. The van der Waals surface area contributed by atoms with Gasteiger partial charge in [0.1, 0.15) is 11.4 Å². The van der Waals surface area contributed by atoms with E-state index in [2.05, 4.69) is 0 Å². The van der Waals surface area contributed by atoms with E-state index < -0.39 is 11.7 Å². The summed E-state index contributed by atoms with van der Waals surface area (Å²) in [5.41, 5.74) is -0.531. The molecule has 98 valence electrons. The quantitative estimate of drug-likeness (QED) is 0.736. The highest BCUT2D eigenvalue weighted by Crippen LogP contribution is 2.21. The second kappa shape index (κ2) is 5.04. The molecule has 2 unspecified atom stereocenters. The van der Waals surface area contributed by atoms with Crippen molar-refractivity contribution in [3.8, 4) is 0 Å². The molecule has 1 saturated heterocycles. The summed E-state index contributed by atoms with van der Waals surface area (Å²) in [4.78, 5) is 24.7. The maximum Gasteiger partial charge on any atom is 0.410 e. The predicted octanol–water partition coefficient (Wildman–Crippen LogP) is 1.46. The molecule has 1 amide bonds. The monoisotopic (exact) mass is 243 g/mol. The number of carbonyl (C=O) groups excluding carboxylic acids is 2. The Balaban J connectivity index is 2.66. The standard InChI is InChI=1S/C12H21NO4/c1-8(14)9-6-16-7-10(9)13(5)11(15)17-12(2,3)4/h9-10H,6-7H2,1-5H3. The van der Waals surface area contributed by atoms with Gasteiger partial charge in [-0.05, 0) is 27.7 Å². The van der Waals surface area contributed by atoms with Gasteiger partial charge in [0.05, 0.1) is 25.2 Å². The maximum absolute atomic E-state index is 11.9. The first-order valence-corrected chi connectivity index (χ1v) is 5.76. The van der Waals surface area contributed by atoms with Crippen molar-refractivity contribution >= 4 is 11.9 Å². The smallest absolute Gasteiger partial charge is 0.410 e. The molecule has 1 aliphatic heterocycles. The lowest BCUT2D eigenvalue weighted by molar-refractivity contribution is -0.121. The molecule has 1 rings (SSSR count). The SMILES string of the molecule is CC(=O)C1COCC1N(C)C(=O)OC(C)(C)C. The second-order valence-electron chi connectivity index (χ2n) is 5.41. The molecule has 1 fully saturated rings. The van der Waals surface area contributed by atoms with Crippen LogP contribution in [-0.4, -0.2) is 48.7 Å². The Labute approximate surface area is 102 Å². The van der Waals surface area contributed by atoms with Crippen LogP contribution in [0.4, 0.5) is 4.79 Å². The molecule has 17 heavy (non-hydrogen) atoms. The van der Waals surface area contributed by atoms with Crippen molar-refractivity contribution in [3.05, 3.63) is 0 Å². The lowest BCUT2D eigenvalue weighted by atomic mass is 9.99. The normalized spacial score (nSPS) is 24.5. The molecular weight excluding hydrogens is 222 g/mol. The Morgan fingerprint density at radius 1 is 1.29 bits per heavy atom. The van der Waals surface area contributed by atoms with Crippen molar-refractivity contribution in [1.82, 2.24) is 4.90 Å². The summed E-state index contributed by atoms with van der Waals surface area (Å²) in [5, 5.41) is 0. The van der Waals surface area contributed by atoms with Crippen LogP contribution in [0.15, 0.2) is 0 Å². The predicted molar refractivity (Wildman–Crippen MR) is 62.8 cm³/mol. The number of likely N-dealkylation sites (N-methyl/N-ethyl adjacent to an activating group) is 1. The molecule has 0 aromatic heterocycles. The minimum atomic E-state index is -0.531. The number of Topliss-reactive ketones (excluding diaryl/α,β-unsaturated/α-hetero) is 1. The van der Waals surface area contributed by atoms with E-state index >= 15 is 0 Å². The zero-order chi connectivity index (χ0) is 13.2. The van der Waals surface area contributed by atoms with Crippen LogP contribution in [0, 0.1) is 5.92 Å². The molecule has 5 nitrogen and oxygen atoms in total. The third-order valence-corrected chi connectivity index (χ3v) is 2.75. The number of carbonyl (C=O) groups is 2. The van der Waals surface area contributed by atoms with E-state index in [-0.39, 0.29) is 17.7 Å². The summed E-state index contributed by atoms with van der Waals surface area (Å²) in [5.74, 6) is -0.199. The van der Waals surface area contributed by atoms with Gasteiger partial charge in [-0.2, -0.15) is 0 Å². The summed E-state index contributed by atoms with van der Waals surface area (Å²) in [7, 11) is 1.64. The Morgan fingerprint density at radius 3 is 2.35 bits per heavy atom. The van der Waals surface area contributed by atoms with E-state index in [1.54, 1.807) is 7.05 Å². The number of nitrogens with zero attached hydrogens (tertiary/aromatic N) is 1. The summed E-state index contributed by atoms with van der Waals surface area (Å²) >= 11 is 0.